The summed E-state index contributed by atoms with van der Waals surface area (Å²) in [6.07, 6.45) is 9.84. The Kier molecular flexibility index (Phi) is 8.92. The summed E-state index contributed by atoms with van der Waals surface area (Å²) < 4.78 is 0. The molecule has 0 aromatic rings. The van der Waals surface area contributed by atoms with Crippen molar-refractivity contribution in [2.45, 2.75) is 71.3 Å². The monoisotopic (exact) mass is 505 g/mol. The van der Waals surface area contributed by atoms with E-state index in [1.54, 1.807) is 0 Å². The van der Waals surface area contributed by atoms with E-state index in [2.05, 4.69) is 24.3 Å². The van der Waals surface area contributed by atoms with Crippen LogP contribution in [0.2, 0.25) is 0 Å². The van der Waals surface area contributed by atoms with Crippen LogP contribution < -0.4 is 11.1 Å². The molecule has 200 valence electrons. The zero-order chi connectivity index (χ0) is 26.5. The lowest BCUT2D eigenvalue weighted by atomic mass is 9.44. The molecule has 10 nitrogen and oxygen atoms in total. The maximum absolute atomic E-state index is 12.6. The van der Waals surface area contributed by atoms with Gasteiger partial charge in [-0.25, -0.2) is 9.59 Å². The van der Waals surface area contributed by atoms with Gasteiger partial charge in [-0.15, -0.1) is 0 Å². The highest BCUT2D eigenvalue weighted by Crippen LogP contribution is 2.65. The molecule has 36 heavy (non-hydrogen) atoms. The molecular weight excluding hydrogens is 466 g/mol. The molecule has 4 rings (SSSR count). The predicted molar refractivity (Wildman–Crippen MR) is 132 cm³/mol. The molecule has 0 aliphatic heterocycles. The maximum atomic E-state index is 12.6. The van der Waals surface area contributed by atoms with Crippen molar-refractivity contribution in [3.8, 4) is 0 Å². The molecular formula is C26H39N3O7. The average molecular weight is 506 g/mol. The van der Waals surface area contributed by atoms with Gasteiger partial charge in [0.25, 0.3) is 0 Å². The van der Waals surface area contributed by atoms with Gasteiger partial charge in [-0.2, -0.15) is 0 Å². The van der Waals surface area contributed by atoms with Crippen LogP contribution in [0.25, 0.3) is 0 Å². The molecule has 4 aliphatic rings. The minimum atomic E-state index is -1.26. The molecule has 0 aromatic heterocycles. The summed E-state index contributed by atoms with van der Waals surface area (Å²) >= 11 is 0. The number of carboxylic acid groups (broad SMARTS) is 2. The van der Waals surface area contributed by atoms with Gasteiger partial charge in [-0.05, 0) is 74.0 Å². The molecule has 7 atom stereocenters. The molecule has 5 N–H and O–H groups in total. The van der Waals surface area contributed by atoms with Crippen LogP contribution in [0, 0.1) is 34.5 Å². The van der Waals surface area contributed by atoms with Gasteiger partial charge in [0.2, 0.25) is 6.41 Å². The fraction of sp³-hybridized carbons (Fsp3) is 0.731. The van der Waals surface area contributed by atoms with Gasteiger partial charge in [0.15, 0.2) is 0 Å². The number of ketones is 1. The smallest absolute Gasteiger partial charge is 0.328 e. The van der Waals surface area contributed by atoms with Gasteiger partial charge in [0, 0.05) is 36.6 Å². The van der Waals surface area contributed by atoms with E-state index in [1.165, 1.54) is 0 Å². The number of nitrogens with zero attached hydrogens (tertiary/aromatic N) is 1. The molecule has 4 aliphatic carbocycles. The number of carbonyl (C=O) groups is 4. The maximum Gasteiger partial charge on any atom is 0.328 e. The summed E-state index contributed by atoms with van der Waals surface area (Å²) in [5, 5.41) is 23.1. The van der Waals surface area contributed by atoms with E-state index in [1.807, 2.05) is 0 Å². The number of carboxylic acids is 2. The van der Waals surface area contributed by atoms with Crippen molar-refractivity contribution in [3.63, 3.8) is 0 Å². The van der Waals surface area contributed by atoms with E-state index >= 15 is 0 Å². The number of aliphatic carboxylic acids is 2. The van der Waals surface area contributed by atoms with Crippen LogP contribution in [-0.4, -0.2) is 59.3 Å². The minimum absolute atomic E-state index is 0.132. The molecule has 1 amide bonds. The number of carbonyl (C=O) groups excluding carboxylic acids is 2. The highest BCUT2D eigenvalue weighted by molar-refractivity contribution is 5.89. The number of hydrogen-bond donors (Lipinski definition) is 4. The number of amides is 1. The van der Waals surface area contributed by atoms with Gasteiger partial charge in [0.05, 0.1) is 5.71 Å². The zero-order valence-electron chi connectivity index (χ0n) is 21.2. The van der Waals surface area contributed by atoms with Gasteiger partial charge in [-0.1, -0.05) is 19.0 Å². The topological polar surface area (TPSA) is 168 Å². The molecule has 10 heteroatoms. The van der Waals surface area contributed by atoms with E-state index in [-0.39, 0.29) is 16.9 Å². The molecule has 0 bridgehead atoms. The second kappa shape index (κ2) is 11.5. The molecule has 4 fully saturated rings. The van der Waals surface area contributed by atoms with Crippen molar-refractivity contribution in [2.24, 2.45) is 45.4 Å². The van der Waals surface area contributed by atoms with E-state index in [0.717, 1.165) is 63.5 Å². The highest BCUT2D eigenvalue weighted by atomic mass is 16.6. The summed E-state index contributed by atoms with van der Waals surface area (Å²) in [5.74, 6) is -0.00331. The zero-order valence-corrected chi connectivity index (χ0v) is 21.2. The number of nitrogens with two attached hydrogens (primary N) is 1. The Labute approximate surface area is 211 Å². The molecule has 0 unspecified atom stereocenters. The fourth-order valence-electron chi connectivity index (χ4n) is 7.60. The summed E-state index contributed by atoms with van der Waals surface area (Å²) in [5.41, 5.74) is 6.66. The minimum Gasteiger partial charge on any atom is -0.478 e. The van der Waals surface area contributed by atoms with Crippen molar-refractivity contribution in [3.05, 3.63) is 12.2 Å². The number of hydrogen-bond acceptors (Lipinski definition) is 7. The Balaban J connectivity index is 0.000000392. The third kappa shape index (κ3) is 5.63. The summed E-state index contributed by atoms with van der Waals surface area (Å²) in [4.78, 5) is 48.5. The second-order valence-electron chi connectivity index (χ2n) is 11.0. The van der Waals surface area contributed by atoms with Crippen molar-refractivity contribution in [2.75, 3.05) is 13.2 Å². The van der Waals surface area contributed by atoms with Crippen molar-refractivity contribution < 1.29 is 34.2 Å². The van der Waals surface area contributed by atoms with E-state index < -0.39 is 11.9 Å². The third-order valence-corrected chi connectivity index (χ3v) is 9.31. The first-order chi connectivity index (χ1) is 17.1. The molecule has 0 saturated heterocycles. The van der Waals surface area contributed by atoms with Crippen LogP contribution in [0.1, 0.15) is 65.2 Å². The lowest BCUT2D eigenvalue weighted by molar-refractivity contribution is -0.140. The first-order valence-corrected chi connectivity index (χ1v) is 12.8. The van der Waals surface area contributed by atoms with E-state index in [4.69, 9.17) is 20.8 Å². The van der Waals surface area contributed by atoms with Crippen LogP contribution in [-0.2, 0) is 24.0 Å². The van der Waals surface area contributed by atoms with Gasteiger partial charge in [0.1, 0.15) is 12.4 Å². The van der Waals surface area contributed by atoms with Crippen LogP contribution in [0.4, 0.5) is 0 Å². The summed E-state index contributed by atoms with van der Waals surface area (Å²) in [6.45, 7) is 5.56. The van der Waals surface area contributed by atoms with Crippen LogP contribution in [0.5, 0.6) is 0 Å². The average Bonchev–Trinajstić information content (AvgIpc) is 3.13. The lowest BCUT2D eigenvalue weighted by Gasteiger charge is -2.61. The Morgan fingerprint density at radius 2 is 1.81 bits per heavy atom. The molecule has 0 aromatic carbocycles. The Morgan fingerprint density at radius 1 is 1.11 bits per heavy atom. The van der Waals surface area contributed by atoms with Gasteiger partial charge >= 0.3 is 11.9 Å². The summed E-state index contributed by atoms with van der Waals surface area (Å²) in [6, 6.07) is 0.154. The van der Waals surface area contributed by atoms with Crippen molar-refractivity contribution in [1.29, 1.82) is 0 Å². The van der Waals surface area contributed by atoms with E-state index in [0.29, 0.717) is 54.8 Å². The van der Waals surface area contributed by atoms with Crippen LogP contribution in [0.15, 0.2) is 17.3 Å². The van der Waals surface area contributed by atoms with Crippen molar-refractivity contribution >= 4 is 29.8 Å². The quantitative estimate of drug-likeness (QED) is 0.177. The van der Waals surface area contributed by atoms with Crippen LogP contribution in [0.3, 0.4) is 0 Å². The number of oxime groups is 1. The second-order valence-corrected chi connectivity index (χ2v) is 11.0. The predicted octanol–water partition coefficient (Wildman–Crippen LogP) is 2.37. The molecule has 4 saturated carbocycles. The number of rotatable bonds is 7. The standard InChI is InChI=1S/C22H35N3O3.C4H4O4/c1-21-7-5-14(25-28-10-9-23)11-18(21)19(24-13-26)12-15-16-3-4-20(27)22(16,2)8-6-17(15)21;5-3(6)1-2-4(7)8/h13,15-19H,3-12,23H2,1-2H3,(H,24,26);1-2H,(H,5,6)(H,7,8)/b25-14+;2-1+/t15-,16-,17-,18+,19-,21+,22-;/m0./s1. The largest absolute Gasteiger partial charge is 0.478 e. The lowest BCUT2D eigenvalue weighted by Crippen LogP contribution is -2.60. The first-order valence-electron chi connectivity index (χ1n) is 12.8. The van der Waals surface area contributed by atoms with Crippen molar-refractivity contribution in [1.82, 2.24) is 5.32 Å². The molecule has 0 spiro atoms. The van der Waals surface area contributed by atoms with Gasteiger partial charge in [-0.3, -0.25) is 9.59 Å². The fourth-order valence-corrected chi connectivity index (χ4v) is 7.60. The van der Waals surface area contributed by atoms with Crippen LogP contribution >= 0.6 is 0 Å². The Bertz CT molecular complexity index is 903. The summed E-state index contributed by atoms with van der Waals surface area (Å²) in [7, 11) is 0. The number of fused-ring (bicyclic) bond motifs is 5. The number of nitrogens with one attached hydrogen (secondary N) is 1. The molecule has 0 heterocycles. The normalized spacial score (nSPS) is 38.2. The Hall–Kier alpha value is -2.75. The molecule has 0 radical (unpaired) electrons. The first kappa shape index (κ1) is 27.8. The highest BCUT2D eigenvalue weighted by Gasteiger charge is 2.62. The van der Waals surface area contributed by atoms with E-state index in [9.17, 15) is 19.2 Å². The number of Topliss-reactive ketones (excluding diaryl/α,β-unsaturated/α-hetero) is 1. The van der Waals surface area contributed by atoms with Gasteiger partial charge < -0.3 is 26.1 Å². The third-order valence-electron chi connectivity index (χ3n) is 9.31. The SMILES string of the molecule is C[C@]12CC/C(=N\OCCN)C[C@@H]1[C@@H](NC=O)C[C@@H]1[C@@H]2CC[C@]2(C)C(=O)CC[C@@H]12.O=C(O)/C=C/C(=O)O. The Morgan fingerprint density at radius 3 is 2.42 bits per heavy atom.